The van der Waals surface area contributed by atoms with E-state index in [0.29, 0.717) is 47.4 Å². The molecule has 1 aliphatic heterocycles. The number of anilines is 1. The summed E-state index contributed by atoms with van der Waals surface area (Å²) < 4.78 is 38.9. The van der Waals surface area contributed by atoms with Gasteiger partial charge in [0.1, 0.15) is 5.82 Å². The standard InChI is InChI=1S/C25H25F3N4O2/c26-25(27,28)18-7-3-6-17(14-18)16-30-24(34)20-15-22(31-21-9-2-1-8-19(20)21)29-11-5-13-32-12-4-10-23(32)33/h1-3,6-9,14-15H,4-5,10-13,16H2,(H,29,31)(H,30,34). The van der Waals surface area contributed by atoms with Gasteiger partial charge in [-0.25, -0.2) is 4.98 Å². The summed E-state index contributed by atoms with van der Waals surface area (Å²) in [5.41, 5.74) is 0.619. The molecule has 2 heterocycles. The Bertz CT molecular complexity index is 1200. The van der Waals surface area contributed by atoms with Gasteiger partial charge in [0.15, 0.2) is 0 Å². The first-order valence-corrected chi connectivity index (χ1v) is 11.2. The second-order valence-electron chi connectivity index (χ2n) is 8.22. The molecular weight excluding hydrogens is 445 g/mol. The number of benzene rings is 2. The first kappa shape index (κ1) is 23.5. The molecule has 0 spiro atoms. The Balaban J connectivity index is 1.44. The van der Waals surface area contributed by atoms with Crippen LogP contribution < -0.4 is 10.6 Å². The Morgan fingerprint density at radius 2 is 1.91 bits per heavy atom. The fourth-order valence-electron chi connectivity index (χ4n) is 4.02. The molecule has 1 aromatic heterocycles. The van der Waals surface area contributed by atoms with Crippen LogP contribution in [0.3, 0.4) is 0 Å². The highest BCUT2D eigenvalue weighted by Crippen LogP contribution is 2.29. The number of halogens is 3. The lowest BCUT2D eigenvalue weighted by atomic mass is 10.1. The molecule has 6 nitrogen and oxygen atoms in total. The maximum absolute atomic E-state index is 13.0. The quantitative estimate of drug-likeness (QED) is 0.472. The van der Waals surface area contributed by atoms with Gasteiger partial charge in [-0.2, -0.15) is 13.2 Å². The average Bonchev–Trinajstić information content (AvgIpc) is 3.24. The number of hydrogen-bond acceptors (Lipinski definition) is 4. The zero-order valence-electron chi connectivity index (χ0n) is 18.5. The van der Waals surface area contributed by atoms with Crippen molar-refractivity contribution in [2.24, 2.45) is 0 Å². The molecule has 4 rings (SSSR count). The maximum atomic E-state index is 13.0. The van der Waals surface area contributed by atoms with Crippen molar-refractivity contribution in [1.29, 1.82) is 0 Å². The summed E-state index contributed by atoms with van der Waals surface area (Å²) in [5.74, 6) is 0.306. The van der Waals surface area contributed by atoms with Crippen LogP contribution in [0, 0.1) is 0 Å². The SMILES string of the molecule is O=C(NCc1cccc(C(F)(F)F)c1)c1cc(NCCCN2CCCC2=O)nc2ccccc12. The number of fused-ring (bicyclic) bond motifs is 1. The highest BCUT2D eigenvalue weighted by Gasteiger charge is 2.30. The largest absolute Gasteiger partial charge is 0.416 e. The Morgan fingerprint density at radius 3 is 2.68 bits per heavy atom. The van der Waals surface area contributed by atoms with Crippen molar-refractivity contribution in [3.63, 3.8) is 0 Å². The maximum Gasteiger partial charge on any atom is 0.416 e. The third-order valence-corrected chi connectivity index (χ3v) is 5.75. The number of para-hydroxylation sites is 1. The van der Waals surface area contributed by atoms with Crippen molar-refractivity contribution in [2.45, 2.75) is 32.0 Å². The average molecular weight is 470 g/mol. The predicted octanol–water partition coefficient (Wildman–Crippen LogP) is 4.61. The summed E-state index contributed by atoms with van der Waals surface area (Å²) in [5, 5.41) is 6.58. The number of amides is 2. The number of hydrogen-bond donors (Lipinski definition) is 2. The van der Waals surface area contributed by atoms with Crippen LogP contribution in [0.1, 0.15) is 40.7 Å². The molecule has 2 N–H and O–H groups in total. The van der Waals surface area contributed by atoms with Crippen LogP contribution in [0.15, 0.2) is 54.6 Å². The van der Waals surface area contributed by atoms with Crippen molar-refractivity contribution < 1.29 is 22.8 Å². The van der Waals surface area contributed by atoms with Crippen molar-refractivity contribution in [3.8, 4) is 0 Å². The Kier molecular flexibility index (Phi) is 7.00. The molecule has 0 radical (unpaired) electrons. The van der Waals surface area contributed by atoms with E-state index in [-0.39, 0.29) is 12.5 Å². The van der Waals surface area contributed by atoms with Gasteiger partial charge in [-0.05, 0) is 42.7 Å². The van der Waals surface area contributed by atoms with E-state index in [1.807, 2.05) is 11.0 Å². The normalized spacial score (nSPS) is 14.0. The summed E-state index contributed by atoms with van der Waals surface area (Å²) in [6.07, 6.45) is -2.18. The lowest BCUT2D eigenvalue weighted by molar-refractivity contribution is -0.137. The lowest BCUT2D eigenvalue weighted by Gasteiger charge is -2.16. The van der Waals surface area contributed by atoms with Gasteiger partial charge >= 0.3 is 6.18 Å². The first-order valence-electron chi connectivity index (χ1n) is 11.2. The molecule has 2 aromatic carbocycles. The lowest BCUT2D eigenvalue weighted by Crippen LogP contribution is -2.27. The minimum Gasteiger partial charge on any atom is -0.370 e. The number of pyridine rings is 1. The monoisotopic (exact) mass is 470 g/mol. The summed E-state index contributed by atoms with van der Waals surface area (Å²) in [4.78, 5) is 31.1. The summed E-state index contributed by atoms with van der Waals surface area (Å²) in [6, 6.07) is 13.7. The second-order valence-corrected chi connectivity index (χ2v) is 8.22. The molecule has 1 aliphatic rings. The van der Waals surface area contributed by atoms with Crippen LogP contribution in [0.2, 0.25) is 0 Å². The van der Waals surface area contributed by atoms with Crippen molar-refractivity contribution in [2.75, 3.05) is 25.0 Å². The fourth-order valence-corrected chi connectivity index (χ4v) is 4.02. The zero-order chi connectivity index (χ0) is 24.1. The molecule has 1 fully saturated rings. The van der Waals surface area contributed by atoms with Gasteiger partial charge in [-0.3, -0.25) is 9.59 Å². The van der Waals surface area contributed by atoms with Crippen molar-refractivity contribution >= 4 is 28.5 Å². The number of carbonyl (C=O) groups excluding carboxylic acids is 2. The minimum atomic E-state index is -4.44. The van der Waals surface area contributed by atoms with Crippen LogP contribution in [0.5, 0.6) is 0 Å². The Labute approximate surface area is 195 Å². The van der Waals surface area contributed by atoms with Crippen LogP contribution in [0.25, 0.3) is 10.9 Å². The number of likely N-dealkylation sites (tertiary alicyclic amines) is 1. The van der Waals surface area contributed by atoms with E-state index in [0.717, 1.165) is 31.5 Å². The second kappa shape index (κ2) is 10.1. The van der Waals surface area contributed by atoms with E-state index in [1.165, 1.54) is 12.1 Å². The molecule has 3 aromatic rings. The fraction of sp³-hybridized carbons (Fsp3) is 0.320. The number of aromatic nitrogens is 1. The number of carbonyl (C=O) groups is 2. The third-order valence-electron chi connectivity index (χ3n) is 5.75. The Hall–Kier alpha value is -3.62. The number of nitrogens with one attached hydrogen (secondary N) is 2. The van der Waals surface area contributed by atoms with Crippen LogP contribution in [-0.2, 0) is 17.5 Å². The molecule has 0 unspecified atom stereocenters. The van der Waals surface area contributed by atoms with E-state index < -0.39 is 17.6 Å². The van der Waals surface area contributed by atoms with Crippen LogP contribution in [0.4, 0.5) is 19.0 Å². The van der Waals surface area contributed by atoms with Gasteiger partial charge in [0.25, 0.3) is 5.91 Å². The molecule has 0 saturated carbocycles. The van der Waals surface area contributed by atoms with Crippen molar-refractivity contribution in [3.05, 3.63) is 71.3 Å². The highest BCUT2D eigenvalue weighted by molar-refractivity contribution is 6.06. The van der Waals surface area contributed by atoms with Gasteiger partial charge < -0.3 is 15.5 Å². The summed E-state index contributed by atoms with van der Waals surface area (Å²) in [6.45, 7) is 2.01. The molecule has 0 bridgehead atoms. The van der Waals surface area contributed by atoms with Gasteiger partial charge in [0.2, 0.25) is 5.91 Å². The molecule has 0 atom stereocenters. The molecule has 1 saturated heterocycles. The first-order chi connectivity index (χ1) is 16.3. The third kappa shape index (κ3) is 5.65. The number of alkyl halides is 3. The van der Waals surface area contributed by atoms with E-state index in [2.05, 4.69) is 15.6 Å². The topological polar surface area (TPSA) is 74.3 Å². The van der Waals surface area contributed by atoms with Crippen LogP contribution >= 0.6 is 0 Å². The van der Waals surface area contributed by atoms with E-state index in [9.17, 15) is 22.8 Å². The zero-order valence-corrected chi connectivity index (χ0v) is 18.5. The summed E-state index contributed by atoms with van der Waals surface area (Å²) >= 11 is 0. The molecule has 34 heavy (non-hydrogen) atoms. The summed E-state index contributed by atoms with van der Waals surface area (Å²) in [7, 11) is 0. The number of nitrogens with zero attached hydrogens (tertiary/aromatic N) is 2. The minimum absolute atomic E-state index is 0.0357. The van der Waals surface area contributed by atoms with Crippen LogP contribution in [-0.4, -0.2) is 41.3 Å². The van der Waals surface area contributed by atoms with Gasteiger partial charge in [-0.15, -0.1) is 0 Å². The molecule has 178 valence electrons. The number of rotatable bonds is 8. The van der Waals surface area contributed by atoms with E-state index >= 15 is 0 Å². The smallest absolute Gasteiger partial charge is 0.370 e. The molecular formula is C25H25F3N4O2. The van der Waals surface area contributed by atoms with Gasteiger partial charge in [-0.1, -0.05) is 30.3 Å². The van der Waals surface area contributed by atoms with Gasteiger partial charge in [0, 0.05) is 38.0 Å². The van der Waals surface area contributed by atoms with Crippen molar-refractivity contribution in [1.82, 2.24) is 15.2 Å². The Morgan fingerprint density at radius 1 is 1.09 bits per heavy atom. The molecule has 0 aliphatic carbocycles. The predicted molar refractivity (Wildman–Crippen MR) is 123 cm³/mol. The molecule has 9 heteroatoms. The highest BCUT2D eigenvalue weighted by atomic mass is 19.4. The van der Waals surface area contributed by atoms with Gasteiger partial charge in [0.05, 0.1) is 16.6 Å². The molecule has 2 amide bonds. The van der Waals surface area contributed by atoms with E-state index in [1.54, 1.807) is 24.3 Å². The van der Waals surface area contributed by atoms with E-state index in [4.69, 9.17) is 0 Å².